The second-order valence-corrected chi connectivity index (χ2v) is 14.2. The van der Waals surface area contributed by atoms with E-state index < -0.39 is 0 Å². The minimum absolute atomic E-state index is 0.0181. The van der Waals surface area contributed by atoms with Gasteiger partial charge in [-0.2, -0.15) is 0 Å². The monoisotopic (exact) mass is 739 g/mol. The summed E-state index contributed by atoms with van der Waals surface area (Å²) in [5, 5.41) is 17.5. The molecule has 0 aromatic heterocycles. The molecule has 0 spiro atoms. The Labute approximate surface area is 310 Å². The molecule has 1 aliphatic rings. The van der Waals surface area contributed by atoms with E-state index in [2.05, 4.69) is 20.8 Å². The van der Waals surface area contributed by atoms with Gasteiger partial charge in [0.2, 0.25) is 0 Å². The van der Waals surface area contributed by atoms with Gasteiger partial charge in [-0.25, -0.2) is 0 Å². The maximum atomic E-state index is 8.78. The number of rotatable bonds is 38. The van der Waals surface area contributed by atoms with Crippen molar-refractivity contribution in [2.45, 2.75) is 90.8 Å². The van der Waals surface area contributed by atoms with Gasteiger partial charge < -0.3 is 57.6 Å². The van der Waals surface area contributed by atoms with Crippen LogP contribution in [-0.4, -0.2) is 156 Å². The minimum Gasteiger partial charge on any atom is -0.394 e. The average Bonchev–Trinajstić information content (AvgIpc) is 3.11. The van der Waals surface area contributed by atoms with Crippen molar-refractivity contribution in [2.24, 2.45) is 29.6 Å². The first-order valence-electron chi connectivity index (χ1n) is 19.9. The van der Waals surface area contributed by atoms with Gasteiger partial charge in [-0.15, -0.1) is 0 Å². The standard InChI is InChI=1S/C39H78O12/c1-33(2)8-6-9-34(3)10-7-11-35-12-13-36(38(31-42-4)50-28-26-48-24-22-46-20-18-44-16-14-40)37(30-35)39(32-43-5)51-29-27-49-25-23-47-21-19-45-17-15-41/h33-41H,6-32H2,1-5H3. The molecule has 12 heteroatoms. The molecule has 6 atom stereocenters. The Hall–Kier alpha value is -0.480. The second kappa shape index (κ2) is 35.2. The quantitative estimate of drug-likeness (QED) is 0.0844. The van der Waals surface area contributed by atoms with Crippen LogP contribution in [0.5, 0.6) is 0 Å². The summed E-state index contributed by atoms with van der Waals surface area (Å²) in [5.74, 6) is 2.78. The van der Waals surface area contributed by atoms with E-state index in [1.807, 2.05) is 0 Å². The van der Waals surface area contributed by atoms with E-state index in [4.69, 9.17) is 57.6 Å². The van der Waals surface area contributed by atoms with Crippen LogP contribution in [0.15, 0.2) is 0 Å². The summed E-state index contributed by atoms with van der Waals surface area (Å²) in [6, 6.07) is 0. The molecule has 0 saturated heterocycles. The Bertz CT molecular complexity index is 718. The molecule has 6 unspecified atom stereocenters. The molecule has 1 fully saturated rings. The highest BCUT2D eigenvalue weighted by Crippen LogP contribution is 2.42. The molecule has 0 amide bonds. The number of aliphatic hydroxyl groups is 2. The third-order valence-electron chi connectivity index (χ3n) is 9.55. The molecule has 0 aliphatic heterocycles. The molecular weight excluding hydrogens is 660 g/mol. The molecule has 0 aromatic rings. The van der Waals surface area contributed by atoms with Gasteiger partial charge in [0.15, 0.2) is 0 Å². The predicted molar refractivity (Wildman–Crippen MR) is 198 cm³/mol. The SMILES string of the molecule is COCC(OCCOCCOCCOCCO)C1CCC(CCCC(C)CCCC(C)C)CC1C(COC)OCCOCCOCCOCCO. The summed E-state index contributed by atoms with van der Waals surface area (Å²) in [7, 11) is 3.49. The molecule has 0 aromatic carbocycles. The maximum Gasteiger partial charge on any atom is 0.0841 e. The Morgan fingerprint density at radius 2 is 0.941 bits per heavy atom. The number of aliphatic hydroxyl groups excluding tert-OH is 2. The van der Waals surface area contributed by atoms with E-state index in [1.54, 1.807) is 14.2 Å². The molecule has 1 saturated carbocycles. The summed E-state index contributed by atoms with van der Waals surface area (Å²) >= 11 is 0. The summed E-state index contributed by atoms with van der Waals surface area (Å²) in [5.41, 5.74) is 0. The van der Waals surface area contributed by atoms with Crippen LogP contribution in [0, 0.1) is 29.6 Å². The first kappa shape index (κ1) is 48.5. The zero-order valence-corrected chi connectivity index (χ0v) is 33.1. The van der Waals surface area contributed by atoms with Crippen molar-refractivity contribution in [2.75, 3.05) is 133 Å². The van der Waals surface area contributed by atoms with Crippen molar-refractivity contribution in [3.05, 3.63) is 0 Å². The minimum atomic E-state index is -0.0704. The van der Waals surface area contributed by atoms with Crippen molar-refractivity contribution < 1.29 is 57.6 Å². The Morgan fingerprint density at radius 3 is 1.39 bits per heavy atom. The highest BCUT2D eigenvalue weighted by atomic mass is 16.6. The summed E-state index contributed by atoms with van der Waals surface area (Å²) in [4.78, 5) is 0. The molecule has 12 nitrogen and oxygen atoms in total. The largest absolute Gasteiger partial charge is 0.394 e. The third-order valence-corrected chi connectivity index (χ3v) is 9.55. The van der Waals surface area contributed by atoms with Crippen molar-refractivity contribution in [3.63, 3.8) is 0 Å². The van der Waals surface area contributed by atoms with Crippen LogP contribution in [0.4, 0.5) is 0 Å². The first-order valence-corrected chi connectivity index (χ1v) is 19.9. The Kier molecular flexibility index (Phi) is 33.5. The maximum absolute atomic E-state index is 8.78. The summed E-state index contributed by atoms with van der Waals surface area (Å²) < 4.78 is 57.5. The second-order valence-electron chi connectivity index (χ2n) is 14.2. The van der Waals surface area contributed by atoms with Crippen molar-refractivity contribution in [1.29, 1.82) is 0 Å². The van der Waals surface area contributed by atoms with E-state index in [0.29, 0.717) is 112 Å². The van der Waals surface area contributed by atoms with Crippen LogP contribution in [-0.2, 0) is 47.4 Å². The van der Waals surface area contributed by atoms with Crippen LogP contribution in [0.25, 0.3) is 0 Å². The zero-order valence-electron chi connectivity index (χ0n) is 33.1. The van der Waals surface area contributed by atoms with Gasteiger partial charge in [0.25, 0.3) is 0 Å². The molecule has 306 valence electrons. The van der Waals surface area contributed by atoms with Crippen LogP contribution in [0.2, 0.25) is 0 Å². The van der Waals surface area contributed by atoms with E-state index in [-0.39, 0.29) is 37.3 Å². The number of methoxy groups -OCH3 is 2. The molecule has 1 aliphatic carbocycles. The molecule has 0 heterocycles. The Morgan fingerprint density at radius 1 is 0.510 bits per heavy atom. The van der Waals surface area contributed by atoms with Crippen LogP contribution in [0.3, 0.4) is 0 Å². The van der Waals surface area contributed by atoms with Crippen molar-refractivity contribution in [3.8, 4) is 0 Å². The van der Waals surface area contributed by atoms with E-state index in [1.165, 1.54) is 44.9 Å². The molecule has 1 rings (SSSR count). The van der Waals surface area contributed by atoms with Crippen molar-refractivity contribution >= 4 is 0 Å². The Balaban J connectivity index is 2.69. The van der Waals surface area contributed by atoms with Gasteiger partial charge >= 0.3 is 0 Å². The lowest BCUT2D eigenvalue weighted by atomic mass is 9.68. The van der Waals surface area contributed by atoms with Crippen LogP contribution >= 0.6 is 0 Å². The normalized spacial score (nSPS) is 19.9. The van der Waals surface area contributed by atoms with Gasteiger partial charge in [-0.05, 0) is 42.4 Å². The topological polar surface area (TPSA) is 133 Å². The fraction of sp³-hybridized carbons (Fsp3) is 1.00. The number of ether oxygens (including phenoxy) is 10. The smallest absolute Gasteiger partial charge is 0.0841 e. The first-order chi connectivity index (χ1) is 25.0. The zero-order chi connectivity index (χ0) is 37.2. The van der Waals surface area contributed by atoms with Crippen molar-refractivity contribution in [1.82, 2.24) is 0 Å². The fourth-order valence-corrected chi connectivity index (χ4v) is 6.89. The molecule has 2 N–H and O–H groups in total. The average molecular weight is 739 g/mol. The van der Waals surface area contributed by atoms with Gasteiger partial charge in [0.05, 0.1) is 131 Å². The van der Waals surface area contributed by atoms with E-state index in [0.717, 1.165) is 24.7 Å². The lowest BCUT2D eigenvalue weighted by Crippen LogP contribution is -2.45. The number of hydrogen-bond donors (Lipinski definition) is 2. The summed E-state index contributed by atoms with van der Waals surface area (Å²) in [6.07, 6.45) is 11.0. The predicted octanol–water partition coefficient (Wildman–Crippen LogP) is 4.80. The highest BCUT2D eigenvalue weighted by molar-refractivity contribution is 4.90. The molecular formula is C39H78O12. The van der Waals surface area contributed by atoms with Gasteiger partial charge in [0.1, 0.15) is 0 Å². The van der Waals surface area contributed by atoms with Crippen LogP contribution in [0.1, 0.15) is 78.6 Å². The van der Waals surface area contributed by atoms with Crippen LogP contribution < -0.4 is 0 Å². The number of hydrogen-bond acceptors (Lipinski definition) is 12. The van der Waals surface area contributed by atoms with E-state index in [9.17, 15) is 0 Å². The van der Waals surface area contributed by atoms with Gasteiger partial charge in [0, 0.05) is 14.2 Å². The lowest BCUT2D eigenvalue weighted by molar-refractivity contribution is -0.126. The molecule has 51 heavy (non-hydrogen) atoms. The molecule has 0 radical (unpaired) electrons. The molecule has 0 bridgehead atoms. The fourth-order valence-electron chi connectivity index (χ4n) is 6.89. The van der Waals surface area contributed by atoms with Gasteiger partial charge in [-0.1, -0.05) is 65.7 Å². The third kappa shape index (κ3) is 26.9. The van der Waals surface area contributed by atoms with Gasteiger partial charge in [-0.3, -0.25) is 0 Å². The summed E-state index contributed by atoms with van der Waals surface area (Å²) in [6.45, 7) is 14.5. The lowest BCUT2D eigenvalue weighted by Gasteiger charge is -2.43. The van der Waals surface area contributed by atoms with E-state index >= 15 is 0 Å². The highest BCUT2D eigenvalue weighted by Gasteiger charge is 2.40.